The molecular weight excluding hydrogens is 536 g/mol. The van der Waals surface area contributed by atoms with Gasteiger partial charge in [0.25, 0.3) is 0 Å². The number of Topliss-reactive ketones (excluding diaryl/α,β-unsaturated/α-hetero) is 2. The number of fused-ring (bicyclic) bond motifs is 2. The molecule has 1 aromatic carbocycles. The third-order valence-electron chi connectivity index (χ3n) is 10.1. The molecule has 1 aromatic rings. The van der Waals surface area contributed by atoms with Crippen molar-refractivity contribution in [3.05, 3.63) is 82.2 Å². The molecule has 0 heterocycles. The van der Waals surface area contributed by atoms with Crippen LogP contribution >= 0.6 is 0 Å². The summed E-state index contributed by atoms with van der Waals surface area (Å²) in [5.41, 5.74) is 1.77. The van der Waals surface area contributed by atoms with E-state index in [0.29, 0.717) is 31.2 Å². The van der Waals surface area contributed by atoms with Gasteiger partial charge in [0, 0.05) is 12.0 Å². The van der Waals surface area contributed by atoms with Crippen molar-refractivity contribution in [1.82, 2.24) is 0 Å². The molecule has 1 fully saturated rings. The van der Waals surface area contributed by atoms with E-state index >= 15 is 4.79 Å². The van der Waals surface area contributed by atoms with E-state index in [1.807, 2.05) is 40.7 Å². The van der Waals surface area contributed by atoms with Crippen LogP contribution in [0, 0.1) is 28.1 Å². The van der Waals surface area contributed by atoms with Gasteiger partial charge in [0.1, 0.15) is 11.2 Å². The molecule has 0 unspecified atom stereocenters. The predicted octanol–water partition coefficient (Wildman–Crippen LogP) is 9.27. The Morgan fingerprint density at radius 1 is 0.930 bits per heavy atom. The van der Waals surface area contributed by atoms with Gasteiger partial charge in [-0.25, -0.2) is 0 Å². The van der Waals surface area contributed by atoms with Gasteiger partial charge in [0.05, 0.1) is 5.41 Å². The van der Waals surface area contributed by atoms with Crippen molar-refractivity contribution in [3.8, 4) is 11.5 Å². The average Bonchev–Trinajstić information content (AvgIpc) is 2.90. The zero-order valence-electron chi connectivity index (χ0n) is 27.7. The van der Waals surface area contributed by atoms with Crippen LogP contribution in [0.1, 0.15) is 100.0 Å². The van der Waals surface area contributed by atoms with E-state index in [-0.39, 0.29) is 59.1 Å². The van der Waals surface area contributed by atoms with Crippen molar-refractivity contribution >= 4 is 11.6 Å². The lowest BCUT2D eigenvalue weighted by Crippen LogP contribution is -2.67. The number of ketones is 2. The number of aliphatic hydroxyl groups excluding tert-OH is 1. The summed E-state index contributed by atoms with van der Waals surface area (Å²) < 4.78 is 0. The summed E-state index contributed by atoms with van der Waals surface area (Å²) in [7, 11) is 0. The van der Waals surface area contributed by atoms with Crippen molar-refractivity contribution in [2.45, 2.75) is 101 Å². The fourth-order valence-electron chi connectivity index (χ4n) is 7.21. The standard InChI is InChI=1S/C38H52O5/c1-23(2)11-14-28(26(7)8)21-37-22-29(15-12-24(3)4)36(9,10)38(35(37)43,18-17-25(5)6)34(42)30(33(37)41)19-27-13-16-31(39)32(40)20-27/h11-13,16-17,20,28-29,39-41H,7,14-15,18-19,21-22H2,1-6,8-10H3/t28-,29+,37+,38+/m0/s1. The molecule has 1 saturated carbocycles. The van der Waals surface area contributed by atoms with E-state index < -0.39 is 16.2 Å². The van der Waals surface area contributed by atoms with Crippen molar-refractivity contribution in [2.75, 3.05) is 0 Å². The molecule has 3 N–H and O–H groups in total. The molecule has 3 rings (SSSR count). The quantitative estimate of drug-likeness (QED) is 0.136. The van der Waals surface area contributed by atoms with Crippen molar-refractivity contribution in [3.63, 3.8) is 0 Å². The van der Waals surface area contributed by atoms with Gasteiger partial charge in [-0.1, -0.05) is 67.0 Å². The molecule has 2 aliphatic carbocycles. The first-order valence-corrected chi connectivity index (χ1v) is 15.5. The molecule has 43 heavy (non-hydrogen) atoms. The fraction of sp³-hybridized carbons (Fsp3) is 0.526. The predicted molar refractivity (Wildman–Crippen MR) is 175 cm³/mol. The highest BCUT2D eigenvalue weighted by Crippen LogP contribution is 2.67. The topological polar surface area (TPSA) is 94.8 Å². The van der Waals surface area contributed by atoms with Crippen LogP contribution in [0.5, 0.6) is 11.5 Å². The second-order valence-electron chi connectivity index (χ2n) is 14.4. The Labute approximate surface area is 258 Å². The number of aliphatic hydroxyl groups is 1. The third-order valence-corrected chi connectivity index (χ3v) is 10.1. The number of benzene rings is 1. The van der Waals surface area contributed by atoms with Crippen molar-refractivity contribution < 1.29 is 24.9 Å². The summed E-state index contributed by atoms with van der Waals surface area (Å²) in [4.78, 5) is 30.1. The minimum absolute atomic E-state index is 0.0368. The minimum atomic E-state index is -1.38. The van der Waals surface area contributed by atoms with Gasteiger partial charge in [-0.05, 0) is 116 Å². The smallest absolute Gasteiger partial charge is 0.176 e. The lowest BCUT2D eigenvalue weighted by molar-refractivity contribution is -0.173. The number of allylic oxidation sites excluding steroid dienone is 9. The van der Waals surface area contributed by atoms with Crippen LogP contribution < -0.4 is 0 Å². The highest BCUT2D eigenvalue weighted by atomic mass is 16.3. The van der Waals surface area contributed by atoms with Gasteiger partial charge in [0.15, 0.2) is 23.1 Å². The van der Waals surface area contributed by atoms with Gasteiger partial charge < -0.3 is 15.3 Å². The van der Waals surface area contributed by atoms with E-state index in [1.54, 1.807) is 6.07 Å². The first kappa shape index (κ1) is 34.2. The van der Waals surface area contributed by atoms with Gasteiger partial charge in [0.2, 0.25) is 0 Å². The Morgan fingerprint density at radius 3 is 2.07 bits per heavy atom. The van der Waals surface area contributed by atoms with Gasteiger partial charge in [-0.3, -0.25) is 9.59 Å². The molecule has 0 amide bonds. The Bertz CT molecular complexity index is 1410. The summed E-state index contributed by atoms with van der Waals surface area (Å²) in [5.74, 6) is -1.31. The highest BCUT2D eigenvalue weighted by Gasteiger charge is 2.71. The number of carbonyl (C=O) groups excluding carboxylic acids is 2. The summed E-state index contributed by atoms with van der Waals surface area (Å²) in [6, 6.07) is 4.43. The number of rotatable bonds is 11. The number of aromatic hydroxyl groups is 2. The summed E-state index contributed by atoms with van der Waals surface area (Å²) >= 11 is 0. The van der Waals surface area contributed by atoms with Gasteiger partial charge >= 0.3 is 0 Å². The first-order valence-electron chi connectivity index (χ1n) is 15.5. The average molecular weight is 589 g/mol. The molecule has 0 spiro atoms. The van der Waals surface area contributed by atoms with E-state index in [9.17, 15) is 20.1 Å². The summed E-state index contributed by atoms with van der Waals surface area (Å²) in [5, 5.41) is 32.4. The fourth-order valence-corrected chi connectivity index (χ4v) is 7.21. The lowest BCUT2D eigenvalue weighted by atomic mass is 9.39. The van der Waals surface area contributed by atoms with Gasteiger partial charge in [-0.15, -0.1) is 0 Å². The van der Waals surface area contributed by atoms with Crippen LogP contribution in [0.3, 0.4) is 0 Å². The van der Waals surface area contributed by atoms with E-state index in [4.69, 9.17) is 0 Å². The zero-order chi connectivity index (χ0) is 32.5. The number of phenols is 2. The maximum atomic E-state index is 15.2. The molecule has 4 atom stereocenters. The van der Waals surface area contributed by atoms with Crippen LogP contribution in [-0.4, -0.2) is 26.9 Å². The Balaban J connectivity index is 2.40. The molecule has 5 nitrogen and oxygen atoms in total. The number of hydrogen-bond acceptors (Lipinski definition) is 5. The minimum Gasteiger partial charge on any atom is -0.511 e. The van der Waals surface area contributed by atoms with Crippen LogP contribution in [0.2, 0.25) is 0 Å². The van der Waals surface area contributed by atoms with Crippen molar-refractivity contribution in [2.24, 2.45) is 28.1 Å². The second kappa shape index (κ2) is 12.7. The maximum Gasteiger partial charge on any atom is 0.176 e. The van der Waals surface area contributed by atoms with E-state index in [2.05, 4.69) is 46.4 Å². The monoisotopic (exact) mass is 588 g/mol. The van der Waals surface area contributed by atoms with Crippen molar-refractivity contribution in [1.29, 1.82) is 0 Å². The Morgan fingerprint density at radius 2 is 1.53 bits per heavy atom. The SMILES string of the molecule is C=C(C)[C@@H](CC=C(C)C)C[C@@]12C[C@@H](CC=C(C)C)C(C)(C)[C@](CC=C(C)C)(C(=O)C(Cc3ccc(O)c(O)c3)=C1O)C2=O. The number of hydrogen-bond donors (Lipinski definition) is 3. The van der Waals surface area contributed by atoms with E-state index in [0.717, 1.165) is 11.1 Å². The molecule has 234 valence electrons. The summed E-state index contributed by atoms with van der Waals surface area (Å²) in [6.07, 6.45) is 8.84. The zero-order valence-corrected chi connectivity index (χ0v) is 27.7. The van der Waals surface area contributed by atoms with Crippen LogP contribution in [-0.2, 0) is 16.0 Å². The van der Waals surface area contributed by atoms with Crippen LogP contribution in [0.25, 0.3) is 0 Å². The van der Waals surface area contributed by atoms with Gasteiger partial charge in [-0.2, -0.15) is 0 Å². The largest absolute Gasteiger partial charge is 0.511 e. The highest BCUT2D eigenvalue weighted by molar-refractivity contribution is 6.21. The number of phenolic OH excluding ortho intramolecular Hbond substituents is 2. The van der Waals surface area contributed by atoms with E-state index in [1.165, 1.54) is 23.3 Å². The lowest BCUT2D eigenvalue weighted by Gasteiger charge is -2.61. The normalized spacial score (nSPS) is 25.2. The molecule has 0 radical (unpaired) electrons. The first-order chi connectivity index (χ1) is 19.9. The molecule has 0 aliphatic heterocycles. The second-order valence-corrected chi connectivity index (χ2v) is 14.4. The number of carbonyl (C=O) groups is 2. The summed E-state index contributed by atoms with van der Waals surface area (Å²) in [6.45, 7) is 22.5. The molecule has 2 bridgehead atoms. The third kappa shape index (κ3) is 6.32. The van der Waals surface area contributed by atoms with Crippen LogP contribution in [0.15, 0.2) is 76.6 Å². The van der Waals surface area contributed by atoms with Crippen LogP contribution in [0.4, 0.5) is 0 Å². The molecular formula is C38H52O5. The Hall–Kier alpha value is -3.34. The molecule has 0 aromatic heterocycles. The molecule has 2 aliphatic rings. The molecule has 5 heteroatoms. The molecule has 0 saturated heterocycles. The Kier molecular flexibility index (Phi) is 10.1. The maximum absolute atomic E-state index is 15.2.